The quantitative estimate of drug-likeness (QED) is 0.785. The second-order valence-corrected chi connectivity index (χ2v) is 7.48. The molecule has 0 unspecified atom stereocenters. The average molecular weight is 397 g/mol. The number of halogens is 3. The Morgan fingerprint density at radius 1 is 0.929 bits per heavy atom. The second-order valence-electron chi connectivity index (χ2n) is 7.48. The Balaban J connectivity index is 1.50. The van der Waals surface area contributed by atoms with Crippen molar-refractivity contribution in [2.75, 3.05) is 39.3 Å². The first-order valence-corrected chi connectivity index (χ1v) is 9.77. The van der Waals surface area contributed by atoms with Crippen molar-refractivity contribution in [3.8, 4) is 0 Å². The molecule has 1 aromatic carbocycles. The highest BCUT2D eigenvalue weighted by molar-refractivity contribution is 5.85. The second kappa shape index (κ2) is 8.94. The van der Waals surface area contributed by atoms with E-state index in [0.717, 1.165) is 43.5 Å². The summed E-state index contributed by atoms with van der Waals surface area (Å²) in [6, 6.07) is 5.24. The van der Waals surface area contributed by atoms with Crippen LogP contribution in [-0.2, 0) is 22.3 Å². The minimum absolute atomic E-state index is 0.0216. The first-order valence-electron chi connectivity index (χ1n) is 9.77. The predicted molar refractivity (Wildman–Crippen MR) is 98.3 cm³/mol. The molecule has 154 valence electrons. The van der Waals surface area contributed by atoms with E-state index in [0.29, 0.717) is 39.1 Å². The van der Waals surface area contributed by atoms with Crippen LogP contribution >= 0.6 is 0 Å². The largest absolute Gasteiger partial charge is 0.416 e. The van der Waals surface area contributed by atoms with E-state index in [4.69, 9.17) is 0 Å². The van der Waals surface area contributed by atoms with Crippen LogP contribution < -0.4 is 0 Å². The molecule has 1 aromatic rings. The Bertz CT molecular complexity index is 691. The van der Waals surface area contributed by atoms with E-state index in [-0.39, 0.29) is 18.4 Å². The number of carbonyl (C=O) groups excluding carboxylic acids is 2. The van der Waals surface area contributed by atoms with Gasteiger partial charge in [-0.15, -0.1) is 0 Å². The van der Waals surface area contributed by atoms with Crippen molar-refractivity contribution in [1.29, 1.82) is 0 Å². The number of hydrogen-bond acceptors (Lipinski definition) is 3. The molecule has 0 radical (unpaired) electrons. The van der Waals surface area contributed by atoms with E-state index >= 15 is 0 Å². The fourth-order valence-electron chi connectivity index (χ4n) is 3.73. The molecule has 0 N–H and O–H groups in total. The third-order valence-electron chi connectivity index (χ3n) is 5.38. The van der Waals surface area contributed by atoms with Crippen molar-refractivity contribution in [2.45, 2.75) is 38.4 Å². The normalized spacial score (nSPS) is 19.6. The minimum Gasteiger partial charge on any atom is -0.340 e. The number of amides is 2. The Labute approximate surface area is 163 Å². The molecule has 0 atom stereocenters. The summed E-state index contributed by atoms with van der Waals surface area (Å²) in [5.74, 6) is 0.0324. The van der Waals surface area contributed by atoms with Crippen molar-refractivity contribution in [1.82, 2.24) is 14.7 Å². The average Bonchev–Trinajstić information content (AvgIpc) is 2.89. The van der Waals surface area contributed by atoms with Crippen LogP contribution in [0.5, 0.6) is 0 Å². The Morgan fingerprint density at radius 3 is 2.36 bits per heavy atom. The van der Waals surface area contributed by atoms with Crippen molar-refractivity contribution in [3.05, 3.63) is 35.4 Å². The molecule has 0 saturated carbocycles. The third-order valence-corrected chi connectivity index (χ3v) is 5.38. The summed E-state index contributed by atoms with van der Waals surface area (Å²) < 4.78 is 38.0. The van der Waals surface area contributed by atoms with Gasteiger partial charge in [-0.05, 0) is 37.0 Å². The van der Waals surface area contributed by atoms with Gasteiger partial charge in [-0.2, -0.15) is 13.2 Å². The van der Waals surface area contributed by atoms with E-state index in [1.165, 1.54) is 12.1 Å². The first kappa shape index (κ1) is 20.6. The molecule has 5 nitrogen and oxygen atoms in total. The lowest BCUT2D eigenvalue weighted by atomic mass is 10.1. The molecule has 8 heteroatoms. The van der Waals surface area contributed by atoms with Crippen LogP contribution in [-0.4, -0.2) is 65.8 Å². The van der Waals surface area contributed by atoms with Crippen molar-refractivity contribution >= 4 is 11.8 Å². The van der Waals surface area contributed by atoms with E-state index in [1.54, 1.807) is 9.80 Å². The topological polar surface area (TPSA) is 43.9 Å². The molecule has 28 heavy (non-hydrogen) atoms. The number of piperidine rings is 1. The number of nitrogens with zero attached hydrogens (tertiary/aromatic N) is 3. The van der Waals surface area contributed by atoms with Crippen molar-refractivity contribution in [2.24, 2.45) is 0 Å². The van der Waals surface area contributed by atoms with Gasteiger partial charge in [0, 0.05) is 45.7 Å². The maximum atomic E-state index is 12.7. The fourth-order valence-corrected chi connectivity index (χ4v) is 3.73. The van der Waals surface area contributed by atoms with E-state index < -0.39 is 11.7 Å². The van der Waals surface area contributed by atoms with Gasteiger partial charge in [0.2, 0.25) is 11.8 Å². The molecule has 2 fully saturated rings. The predicted octanol–water partition coefficient (Wildman–Crippen LogP) is 2.75. The number of likely N-dealkylation sites (tertiary alicyclic amines) is 1. The van der Waals surface area contributed by atoms with Crippen LogP contribution in [0, 0.1) is 0 Å². The number of rotatable bonds is 4. The van der Waals surface area contributed by atoms with Crippen LogP contribution in [0.15, 0.2) is 24.3 Å². The van der Waals surface area contributed by atoms with Gasteiger partial charge in [-0.3, -0.25) is 14.5 Å². The lowest BCUT2D eigenvalue weighted by Crippen LogP contribution is -2.45. The first-order chi connectivity index (χ1) is 13.3. The van der Waals surface area contributed by atoms with Gasteiger partial charge in [0.25, 0.3) is 0 Å². The molecular formula is C20H26F3N3O2. The van der Waals surface area contributed by atoms with Gasteiger partial charge in [0.1, 0.15) is 0 Å². The lowest BCUT2D eigenvalue weighted by molar-refractivity contribution is -0.141. The maximum Gasteiger partial charge on any atom is 0.416 e. The zero-order valence-corrected chi connectivity index (χ0v) is 15.9. The maximum absolute atomic E-state index is 12.7. The Morgan fingerprint density at radius 2 is 1.68 bits per heavy atom. The Hall–Kier alpha value is -2.09. The number of benzene rings is 1. The van der Waals surface area contributed by atoms with E-state index in [9.17, 15) is 22.8 Å². The summed E-state index contributed by atoms with van der Waals surface area (Å²) in [5, 5.41) is 0. The molecule has 3 rings (SSSR count). The molecule has 2 saturated heterocycles. The number of alkyl halides is 3. The smallest absolute Gasteiger partial charge is 0.340 e. The van der Waals surface area contributed by atoms with Gasteiger partial charge in [-0.1, -0.05) is 12.1 Å². The molecule has 2 aliphatic heterocycles. The summed E-state index contributed by atoms with van der Waals surface area (Å²) in [6.45, 7) is 4.03. The van der Waals surface area contributed by atoms with Crippen LogP contribution in [0.3, 0.4) is 0 Å². The SMILES string of the molecule is O=C(CN1CCCCC1=O)N1CCCN(Cc2ccc(C(F)(F)F)cc2)CC1. The number of hydrogen-bond donors (Lipinski definition) is 0. The summed E-state index contributed by atoms with van der Waals surface area (Å²) in [6.07, 6.45) is -1.15. The third kappa shape index (κ3) is 5.47. The fraction of sp³-hybridized carbons (Fsp3) is 0.600. The molecule has 0 aliphatic carbocycles. The summed E-state index contributed by atoms with van der Waals surface area (Å²) in [5.41, 5.74) is 0.183. The van der Waals surface area contributed by atoms with Crippen LogP contribution in [0.25, 0.3) is 0 Å². The monoisotopic (exact) mass is 397 g/mol. The highest BCUT2D eigenvalue weighted by Crippen LogP contribution is 2.29. The molecule has 2 heterocycles. The number of carbonyl (C=O) groups is 2. The van der Waals surface area contributed by atoms with Gasteiger partial charge in [0.15, 0.2) is 0 Å². The van der Waals surface area contributed by atoms with Gasteiger partial charge < -0.3 is 9.80 Å². The van der Waals surface area contributed by atoms with Crippen LogP contribution in [0.1, 0.15) is 36.8 Å². The lowest BCUT2D eigenvalue weighted by Gasteiger charge is -2.29. The molecule has 0 aromatic heterocycles. The van der Waals surface area contributed by atoms with Gasteiger partial charge in [0.05, 0.1) is 12.1 Å². The van der Waals surface area contributed by atoms with Gasteiger partial charge >= 0.3 is 6.18 Å². The van der Waals surface area contributed by atoms with E-state index in [2.05, 4.69) is 4.90 Å². The molecular weight excluding hydrogens is 371 g/mol. The molecule has 2 aliphatic rings. The zero-order chi connectivity index (χ0) is 20.1. The van der Waals surface area contributed by atoms with Gasteiger partial charge in [-0.25, -0.2) is 0 Å². The highest BCUT2D eigenvalue weighted by atomic mass is 19.4. The van der Waals surface area contributed by atoms with Crippen LogP contribution in [0.4, 0.5) is 13.2 Å². The molecule has 0 spiro atoms. The standard InChI is InChI=1S/C20H26F3N3O2/c21-20(22,23)17-7-5-16(6-8-17)14-24-9-3-11-25(13-12-24)19(28)15-26-10-2-1-4-18(26)27/h5-8H,1-4,9-15H2. The summed E-state index contributed by atoms with van der Waals surface area (Å²) in [7, 11) is 0. The Kier molecular flexibility index (Phi) is 6.59. The summed E-state index contributed by atoms with van der Waals surface area (Å²) in [4.78, 5) is 30.1. The minimum atomic E-state index is -4.32. The molecule has 2 amide bonds. The van der Waals surface area contributed by atoms with Crippen molar-refractivity contribution in [3.63, 3.8) is 0 Å². The van der Waals surface area contributed by atoms with E-state index in [1.807, 2.05) is 0 Å². The molecule has 0 bridgehead atoms. The highest BCUT2D eigenvalue weighted by Gasteiger charge is 2.30. The zero-order valence-electron chi connectivity index (χ0n) is 15.9. The summed E-state index contributed by atoms with van der Waals surface area (Å²) >= 11 is 0. The van der Waals surface area contributed by atoms with Crippen molar-refractivity contribution < 1.29 is 22.8 Å². The van der Waals surface area contributed by atoms with Crippen LogP contribution in [0.2, 0.25) is 0 Å².